The quantitative estimate of drug-likeness (QED) is 0.843. The van der Waals surface area contributed by atoms with Crippen molar-refractivity contribution in [3.63, 3.8) is 0 Å². The van der Waals surface area contributed by atoms with Crippen LogP contribution in [0.1, 0.15) is 15.9 Å². The summed E-state index contributed by atoms with van der Waals surface area (Å²) in [6.45, 7) is 0. The van der Waals surface area contributed by atoms with E-state index >= 15 is 0 Å². The molecule has 2 N–H and O–H groups in total. The molecule has 0 radical (unpaired) electrons. The fourth-order valence-corrected chi connectivity index (χ4v) is 3.12. The van der Waals surface area contributed by atoms with Crippen molar-refractivity contribution in [2.45, 2.75) is 5.75 Å². The van der Waals surface area contributed by atoms with Gasteiger partial charge in [0.25, 0.3) is 0 Å². The zero-order valence-corrected chi connectivity index (χ0v) is 12.9. The van der Waals surface area contributed by atoms with E-state index in [4.69, 9.17) is 9.84 Å². The highest BCUT2D eigenvalue weighted by atomic mass is 32.2. The lowest BCUT2D eigenvalue weighted by Gasteiger charge is -2.12. The van der Waals surface area contributed by atoms with Crippen LogP contribution >= 0.6 is 0 Å². The lowest BCUT2D eigenvalue weighted by atomic mass is 10.1. The van der Waals surface area contributed by atoms with Gasteiger partial charge in [-0.1, -0.05) is 12.1 Å². The standard InChI is InChI=1S/C15H14FNO5S/c1-22-14-8-12(16)6-7-13(14)17-23(20,21)9-10-2-4-11(5-3-10)15(18)19/h2-8,17H,9H2,1H3,(H,18,19). The molecule has 8 heteroatoms. The van der Waals surface area contributed by atoms with E-state index in [2.05, 4.69) is 4.72 Å². The number of hydrogen-bond acceptors (Lipinski definition) is 4. The number of hydrogen-bond donors (Lipinski definition) is 2. The zero-order chi connectivity index (χ0) is 17.0. The fraction of sp³-hybridized carbons (Fsp3) is 0.133. The molecule has 2 aromatic carbocycles. The van der Waals surface area contributed by atoms with Crippen LogP contribution in [0, 0.1) is 5.82 Å². The van der Waals surface area contributed by atoms with Crippen molar-refractivity contribution in [1.29, 1.82) is 0 Å². The minimum atomic E-state index is -3.77. The molecule has 122 valence electrons. The molecular formula is C15H14FNO5S. The molecule has 0 amide bonds. The summed E-state index contributed by atoms with van der Waals surface area (Å²) in [5.41, 5.74) is 0.610. The van der Waals surface area contributed by atoms with Gasteiger partial charge in [0.1, 0.15) is 11.6 Å². The van der Waals surface area contributed by atoms with Gasteiger partial charge in [-0.15, -0.1) is 0 Å². The van der Waals surface area contributed by atoms with Gasteiger partial charge in [0, 0.05) is 6.07 Å². The van der Waals surface area contributed by atoms with Crippen LogP contribution in [0.4, 0.5) is 10.1 Å². The van der Waals surface area contributed by atoms with Crippen molar-refractivity contribution < 1.29 is 27.4 Å². The Bertz CT molecular complexity index is 818. The molecule has 0 bridgehead atoms. The summed E-state index contributed by atoms with van der Waals surface area (Å²) in [4.78, 5) is 10.8. The topological polar surface area (TPSA) is 92.7 Å². The predicted octanol–water partition coefficient (Wildman–Crippen LogP) is 2.47. The summed E-state index contributed by atoms with van der Waals surface area (Å²) in [6.07, 6.45) is 0. The number of carbonyl (C=O) groups is 1. The number of carboxylic acids is 1. The van der Waals surface area contributed by atoms with Crippen LogP contribution in [0.2, 0.25) is 0 Å². The summed E-state index contributed by atoms with van der Waals surface area (Å²) >= 11 is 0. The predicted molar refractivity (Wildman–Crippen MR) is 82.6 cm³/mol. The van der Waals surface area contributed by atoms with Crippen LogP contribution in [-0.2, 0) is 15.8 Å². The van der Waals surface area contributed by atoms with Gasteiger partial charge in [-0.3, -0.25) is 4.72 Å². The van der Waals surface area contributed by atoms with Crippen molar-refractivity contribution >= 4 is 21.7 Å². The van der Waals surface area contributed by atoms with Crippen LogP contribution in [0.25, 0.3) is 0 Å². The highest BCUT2D eigenvalue weighted by Gasteiger charge is 2.15. The SMILES string of the molecule is COc1cc(F)ccc1NS(=O)(=O)Cc1ccc(C(=O)O)cc1. The Hall–Kier alpha value is -2.61. The first-order valence-corrected chi connectivity index (χ1v) is 8.12. The summed E-state index contributed by atoms with van der Waals surface area (Å²) in [5.74, 6) is -1.93. The first-order chi connectivity index (χ1) is 10.8. The van der Waals surface area contributed by atoms with Crippen molar-refractivity contribution in [1.82, 2.24) is 0 Å². The van der Waals surface area contributed by atoms with Gasteiger partial charge in [0.2, 0.25) is 10.0 Å². The van der Waals surface area contributed by atoms with E-state index in [-0.39, 0.29) is 22.8 Å². The lowest BCUT2D eigenvalue weighted by molar-refractivity contribution is 0.0697. The maximum Gasteiger partial charge on any atom is 0.335 e. The monoisotopic (exact) mass is 339 g/mol. The Morgan fingerprint density at radius 3 is 2.43 bits per heavy atom. The summed E-state index contributed by atoms with van der Waals surface area (Å²) in [5, 5.41) is 8.81. The van der Waals surface area contributed by atoms with Crippen LogP contribution in [0.5, 0.6) is 5.75 Å². The number of rotatable bonds is 6. The molecule has 0 aliphatic heterocycles. The maximum atomic E-state index is 13.1. The number of anilines is 1. The van der Waals surface area contributed by atoms with Gasteiger partial charge >= 0.3 is 5.97 Å². The highest BCUT2D eigenvalue weighted by molar-refractivity contribution is 7.91. The minimum absolute atomic E-state index is 0.0646. The third-order valence-electron chi connectivity index (χ3n) is 2.99. The molecule has 0 aromatic heterocycles. The molecule has 0 aliphatic carbocycles. The lowest BCUT2D eigenvalue weighted by Crippen LogP contribution is -2.15. The Morgan fingerprint density at radius 1 is 1.22 bits per heavy atom. The second kappa shape index (κ2) is 6.66. The van der Waals surface area contributed by atoms with E-state index in [1.165, 1.54) is 37.4 Å². The van der Waals surface area contributed by atoms with Crippen LogP contribution < -0.4 is 9.46 Å². The molecule has 0 atom stereocenters. The molecule has 0 spiro atoms. The molecule has 23 heavy (non-hydrogen) atoms. The number of sulfonamides is 1. The Morgan fingerprint density at radius 2 is 1.87 bits per heavy atom. The maximum absolute atomic E-state index is 13.1. The van der Waals surface area contributed by atoms with E-state index in [1.807, 2.05) is 0 Å². The van der Waals surface area contributed by atoms with Crippen molar-refractivity contribution in [2.24, 2.45) is 0 Å². The van der Waals surface area contributed by atoms with Gasteiger partial charge in [-0.25, -0.2) is 17.6 Å². The number of benzene rings is 2. The van der Waals surface area contributed by atoms with Gasteiger partial charge in [-0.05, 0) is 29.8 Å². The van der Waals surface area contributed by atoms with Crippen LogP contribution in [-0.4, -0.2) is 26.6 Å². The number of ether oxygens (including phenoxy) is 1. The first kappa shape index (κ1) is 16.8. The first-order valence-electron chi connectivity index (χ1n) is 6.47. The summed E-state index contributed by atoms with van der Waals surface area (Å²) < 4.78 is 44.7. The van der Waals surface area contributed by atoms with E-state index in [0.717, 1.165) is 12.1 Å². The van der Waals surface area contributed by atoms with Gasteiger partial charge in [-0.2, -0.15) is 0 Å². The molecule has 0 aliphatic rings. The van der Waals surface area contributed by atoms with Gasteiger partial charge in [0.05, 0.1) is 24.1 Å². The minimum Gasteiger partial charge on any atom is -0.494 e. The number of aromatic carboxylic acids is 1. The molecule has 0 saturated carbocycles. The van der Waals surface area contributed by atoms with E-state index < -0.39 is 21.8 Å². The third-order valence-corrected chi connectivity index (χ3v) is 4.23. The van der Waals surface area contributed by atoms with Crippen molar-refractivity contribution in [2.75, 3.05) is 11.8 Å². The Labute approximate surface area is 132 Å². The molecule has 2 aromatic rings. The molecule has 6 nitrogen and oxygen atoms in total. The Balaban J connectivity index is 2.17. The summed E-state index contributed by atoms with van der Waals surface area (Å²) in [7, 11) is -2.46. The van der Waals surface area contributed by atoms with Crippen LogP contribution in [0.15, 0.2) is 42.5 Å². The number of carboxylic acid groups (broad SMARTS) is 1. The largest absolute Gasteiger partial charge is 0.494 e. The van der Waals surface area contributed by atoms with E-state index in [0.29, 0.717) is 5.56 Å². The third kappa shape index (κ3) is 4.43. The average molecular weight is 339 g/mol. The zero-order valence-electron chi connectivity index (χ0n) is 12.1. The molecule has 0 unspecified atom stereocenters. The van der Waals surface area contributed by atoms with E-state index in [9.17, 15) is 17.6 Å². The van der Waals surface area contributed by atoms with Gasteiger partial charge < -0.3 is 9.84 Å². The second-order valence-corrected chi connectivity index (χ2v) is 6.43. The molecular weight excluding hydrogens is 325 g/mol. The molecule has 2 rings (SSSR count). The van der Waals surface area contributed by atoms with Crippen LogP contribution in [0.3, 0.4) is 0 Å². The van der Waals surface area contributed by atoms with Crippen molar-refractivity contribution in [3.8, 4) is 5.75 Å². The van der Waals surface area contributed by atoms with Crippen molar-refractivity contribution in [3.05, 3.63) is 59.4 Å². The average Bonchev–Trinajstić information content (AvgIpc) is 2.49. The second-order valence-electron chi connectivity index (χ2n) is 4.71. The molecule has 0 heterocycles. The number of nitrogens with one attached hydrogen (secondary N) is 1. The molecule has 0 saturated heterocycles. The van der Waals surface area contributed by atoms with E-state index in [1.54, 1.807) is 0 Å². The summed E-state index contributed by atoms with van der Waals surface area (Å²) in [6, 6.07) is 8.94. The van der Waals surface area contributed by atoms with Gasteiger partial charge in [0.15, 0.2) is 0 Å². The smallest absolute Gasteiger partial charge is 0.335 e. The fourth-order valence-electron chi connectivity index (χ4n) is 1.92. The normalized spacial score (nSPS) is 11.0. The molecule has 0 fully saturated rings. The Kier molecular flexibility index (Phi) is 4.85. The highest BCUT2D eigenvalue weighted by Crippen LogP contribution is 2.26. The number of halogens is 1. The number of methoxy groups -OCH3 is 1.